The molecule has 0 radical (unpaired) electrons. The quantitative estimate of drug-likeness (QED) is 0.927. The van der Waals surface area contributed by atoms with E-state index in [1.165, 1.54) is 12.8 Å². The largest absolute Gasteiger partial charge is 0.439 e. The van der Waals surface area contributed by atoms with Crippen molar-refractivity contribution in [2.45, 2.75) is 32.2 Å². The van der Waals surface area contributed by atoms with E-state index in [-0.39, 0.29) is 6.04 Å². The highest BCUT2D eigenvalue weighted by Gasteiger charge is 2.18. The molecule has 2 aromatic rings. The van der Waals surface area contributed by atoms with Gasteiger partial charge in [0.2, 0.25) is 5.88 Å². The van der Waals surface area contributed by atoms with E-state index in [9.17, 15) is 0 Å². The van der Waals surface area contributed by atoms with Crippen molar-refractivity contribution in [2.24, 2.45) is 0 Å². The summed E-state index contributed by atoms with van der Waals surface area (Å²) in [6, 6.07) is 11.8. The number of rotatable bonds is 3. The Kier molecular flexibility index (Phi) is 3.92. The van der Waals surface area contributed by atoms with Crippen molar-refractivity contribution < 1.29 is 4.74 Å². The lowest BCUT2D eigenvalue weighted by Crippen LogP contribution is -2.28. The SMILES string of the molecule is Cc1cc(Oc2ccccc2)nc([C@H]2CCCCN2)n1. The van der Waals surface area contributed by atoms with Crippen molar-refractivity contribution in [1.29, 1.82) is 0 Å². The Morgan fingerprint density at radius 3 is 2.75 bits per heavy atom. The van der Waals surface area contributed by atoms with Crippen LogP contribution in [-0.2, 0) is 0 Å². The predicted octanol–water partition coefficient (Wildman–Crippen LogP) is 3.39. The average Bonchev–Trinajstić information content (AvgIpc) is 2.49. The fourth-order valence-electron chi connectivity index (χ4n) is 2.45. The van der Waals surface area contributed by atoms with Crippen molar-refractivity contribution in [3.8, 4) is 11.6 Å². The molecule has 4 nitrogen and oxygen atoms in total. The van der Waals surface area contributed by atoms with Crippen LogP contribution in [-0.4, -0.2) is 16.5 Å². The standard InChI is InChI=1S/C16H19N3O/c1-12-11-15(20-13-7-3-2-4-8-13)19-16(18-12)14-9-5-6-10-17-14/h2-4,7-8,11,14,17H,5-6,9-10H2,1H3/t14-/m1/s1. The zero-order valence-electron chi connectivity index (χ0n) is 11.7. The fourth-order valence-corrected chi connectivity index (χ4v) is 2.45. The van der Waals surface area contributed by atoms with Crippen LogP contribution < -0.4 is 10.1 Å². The average molecular weight is 269 g/mol. The Morgan fingerprint density at radius 2 is 2.00 bits per heavy atom. The first-order chi connectivity index (χ1) is 9.81. The molecule has 3 rings (SSSR count). The number of benzene rings is 1. The maximum Gasteiger partial charge on any atom is 0.222 e. The first kappa shape index (κ1) is 13.1. The van der Waals surface area contributed by atoms with Crippen molar-refractivity contribution >= 4 is 0 Å². The first-order valence-electron chi connectivity index (χ1n) is 7.13. The van der Waals surface area contributed by atoms with Crippen LogP contribution >= 0.6 is 0 Å². The monoisotopic (exact) mass is 269 g/mol. The molecule has 4 heteroatoms. The van der Waals surface area contributed by atoms with Crippen LogP contribution in [0.1, 0.15) is 36.8 Å². The minimum Gasteiger partial charge on any atom is -0.439 e. The molecular weight excluding hydrogens is 250 g/mol. The zero-order valence-corrected chi connectivity index (χ0v) is 11.7. The van der Waals surface area contributed by atoms with Crippen molar-refractivity contribution in [3.63, 3.8) is 0 Å². The number of aromatic nitrogens is 2. The fraction of sp³-hybridized carbons (Fsp3) is 0.375. The zero-order chi connectivity index (χ0) is 13.8. The molecule has 104 valence electrons. The molecule has 20 heavy (non-hydrogen) atoms. The Morgan fingerprint density at radius 1 is 1.15 bits per heavy atom. The molecule has 2 heterocycles. The van der Waals surface area contributed by atoms with Gasteiger partial charge in [0.25, 0.3) is 0 Å². The van der Waals surface area contributed by atoms with Gasteiger partial charge in [-0.2, -0.15) is 4.98 Å². The van der Waals surface area contributed by atoms with Crippen LogP contribution in [0, 0.1) is 6.92 Å². The van der Waals surface area contributed by atoms with Gasteiger partial charge in [-0.15, -0.1) is 0 Å². The van der Waals surface area contributed by atoms with Gasteiger partial charge in [0, 0.05) is 11.8 Å². The second-order valence-corrected chi connectivity index (χ2v) is 5.12. The highest BCUT2D eigenvalue weighted by Crippen LogP contribution is 2.24. The van der Waals surface area contributed by atoms with Crippen LogP contribution in [0.5, 0.6) is 11.6 Å². The number of hydrogen-bond donors (Lipinski definition) is 1. The van der Waals surface area contributed by atoms with E-state index in [0.717, 1.165) is 30.2 Å². The number of piperidine rings is 1. The maximum absolute atomic E-state index is 5.81. The molecule has 1 saturated heterocycles. The minimum absolute atomic E-state index is 0.252. The Labute approximate surface area is 119 Å². The maximum atomic E-state index is 5.81. The molecule has 1 fully saturated rings. The number of aryl methyl sites for hydroxylation is 1. The lowest BCUT2D eigenvalue weighted by molar-refractivity contribution is 0.387. The topological polar surface area (TPSA) is 47.0 Å². The number of nitrogens with one attached hydrogen (secondary N) is 1. The number of nitrogens with zero attached hydrogens (tertiary/aromatic N) is 2. The van der Waals surface area contributed by atoms with Gasteiger partial charge < -0.3 is 10.1 Å². The van der Waals surface area contributed by atoms with Gasteiger partial charge in [-0.25, -0.2) is 4.98 Å². The van der Waals surface area contributed by atoms with E-state index in [1.807, 2.05) is 43.3 Å². The molecule has 1 N–H and O–H groups in total. The van der Waals surface area contributed by atoms with Gasteiger partial charge in [0.1, 0.15) is 11.6 Å². The van der Waals surface area contributed by atoms with Gasteiger partial charge in [-0.1, -0.05) is 24.6 Å². The van der Waals surface area contributed by atoms with E-state index in [2.05, 4.69) is 15.3 Å². The molecule has 0 aliphatic carbocycles. The third kappa shape index (κ3) is 3.14. The predicted molar refractivity (Wildman–Crippen MR) is 77.9 cm³/mol. The summed E-state index contributed by atoms with van der Waals surface area (Å²) in [5, 5.41) is 3.47. The summed E-state index contributed by atoms with van der Waals surface area (Å²) in [6.07, 6.45) is 3.55. The number of para-hydroxylation sites is 1. The van der Waals surface area contributed by atoms with Gasteiger partial charge >= 0.3 is 0 Å². The van der Waals surface area contributed by atoms with Crippen LogP contribution in [0.4, 0.5) is 0 Å². The van der Waals surface area contributed by atoms with Gasteiger partial charge in [-0.05, 0) is 38.4 Å². The molecule has 0 spiro atoms. The summed E-state index contributed by atoms with van der Waals surface area (Å²) >= 11 is 0. The third-order valence-corrected chi connectivity index (χ3v) is 3.44. The summed E-state index contributed by atoms with van der Waals surface area (Å²) in [4.78, 5) is 9.10. The van der Waals surface area contributed by atoms with Crippen LogP contribution in [0.3, 0.4) is 0 Å². The van der Waals surface area contributed by atoms with Crippen LogP contribution in [0.2, 0.25) is 0 Å². The molecule has 0 saturated carbocycles. The highest BCUT2D eigenvalue weighted by molar-refractivity contribution is 5.27. The number of hydrogen-bond acceptors (Lipinski definition) is 4. The third-order valence-electron chi connectivity index (χ3n) is 3.44. The molecule has 1 aromatic heterocycles. The first-order valence-corrected chi connectivity index (χ1v) is 7.13. The highest BCUT2D eigenvalue weighted by atomic mass is 16.5. The van der Waals surface area contributed by atoms with Gasteiger partial charge in [-0.3, -0.25) is 0 Å². The molecular formula is C16H19N3O. The minimum atomic E-state index is 0.252. The molecule has 0 amide bonds. The van der Waals surface area contributed by atoms with E-state index < -0.39 is 0 Å². The smallest absolute Gasteiger partial charge is 0.222 e. The summed E-state index contributed by atoms with van der Waals surface area (Å²) in [5.41, 5.74) is 0.938. The Balaban J connectivity index is 1.82. The Bertz CT molecular complexity index is 565. The molecule has 0 bridgehead atoms. The van der Waals surface area contributed by atoms with E-state index in [4.69, 9.17) is 4.74 Å². The van der Waals surface area contributed by atoms with Crippen molar-refractivity contribution in [2.75, 3.05) is 6.54 Å². The molecule has 1 aliphatic rings. The Hall–Kier alpha value is -1.94. The van der Waals surface area contributed by atoms with E-state index >= 15 is 0 Å². The van der Waals surface area contributed by atoms with Crippen LogP contribution in [0.15, 0.2) is 36.4 Å². The summed E-state index contributed by atoms with van der Waals surface area (Å²) in [6.45, 7) is 3.02. The van der Waals surface area contributed by atoms with Gasteiger partial charge in [0.05, 0.1) is 6.04 Å². The summed E-state index contributed by atoms with van der Waals surface area (Å²) < 4.78 is 5.81. The summed E-state index contributed by atoms with van der Waals surface area (Å²) in [7, 11) is 0. The molecule has 0 unspecified atom stereocenters. The van der Waals surface area contributed by atoms with Crippen molar-refractivity contribution in [1.82, 2.24) is 15.3 Å². The van der Waals surface area contributed by atoms with Crippen molar-refractivity contribution in [3.05, 3.63) is 47.9 Å². The van der Waals surface area contributed by atoms with Gasteiger partial charge in [0.15, 0.2) is 0 Å². The summed E-state index contributed by atoms with van der Waals surface area (Å²) in [5.74, 6) is 2.26. The molecule has 1 atom stereocenters. The molecule has 1 aliphatic heterocycles. The second kappa shape index (κ2) is 6.01. The lowest BCUT2D eigenvalue weighted by Gasteiger charge is -2.22. The van der Waals surface area contributed by atoms with E-state index in [1.54, 1.807) is 0 Å². The normalized spacial score (nSPS) is 18.8. The lowest BCUT2D eigenvalue weighted by atomic mass is 10.0. The molecule has 1 aromatic carbocycles. The second-order valence-electron chi connectivity index (χ2n) is 5.12. The van der Waals surface area contributed by atoms with E-state index in [0.29, 0.717) is 5.88 Å². The number of ether oxygens (including phenoxy) is 1. The van der Waals surface area contributed by atoms with Crippen LogP contribution in [0.25, 0.3) is 0 Å².